The summed E-state index contributed by atoms with van der Waals surface area (Å²) in [5, 5.41) is 36.7. The molecule has 1 aliphatic rings. The number of nitrogens with zero attached hydrogens (tertiary/aromatic N) is 2. The average Bonchev–Trinajstić information content (AvgIpc) is 3.16. The van der Waals surface area contributed by atoms with E-state index < -0.39 is 47.2 Å². The number of carboxylic acid groups (broad SMARTS) is 3. The highest BCUT2D eigenvalue weighted by Gasteiger charge is 2.41. The van der Waals surface area contributed by atoms with Gasteiger partial charge in [0, 0.05) is 30.7 Å². The molecule has 0 radical (unpaired) electrons. The second-order valence-electron chi connectivity index (χ2n) is 13.9. The number of ether oxygens (including phenoxy) is 1. The molecule has 306 valence electrons. The van der Waals surface area contributed by atoms with Crippen molar-refractivity contribution in [1.29, 1.82) is 0 Å². The molecule has 4 aromatic rings. The van der Waals surface area contributed by atoms with Gasteiger partial charge in [-0.25, -0.2) is 4.79 Å². The monoisotopic (exact) mass is 906 g/mol. The maximum absolute atomic E-state index is 14.1. The minimum Gasteiger partial charge on any atom is -0.495 e. The Hall–Kier alpha value is -4.05. The van der Waals surface area contributed by atoms with E-state index in [1.54, 1.807) is 18.3 Å². The van der Waals surface area contributed by atoms with Crippen LogP contribution in [0.25, 0.3) is 10.8 Å². The number of aliphatic carboxylic acids is 3. The highest BCUT2D eigenvalue weighted by Crippen LogP contribution is 2.38. The number of amides is 1. The molecule has 0 aromatic heterocycles. The first kappa shape index (κ1) is 45.6. The summed E-state index contributed by atoms with van der Waals surface area (Å²) in [6.45, 7) is 3.34. The molecule has 1 amide bonds. The summed E-state index contributed by atoms with van der Waals surface area (Å²) in [7, 11) is 2.44. The fourth-order valence-corrected chi connectivity index (χ4v) is 8.79. The molecule has 0 saturated carbocycles. The van der Waals surface area contributed by atoms with E-state index in [2.05, 4.69) is 26.9 Å². The van der Waals surface area contributed by atoms with Crippen LogP contribution in [0.2, 0.25) is 10.0 Å². The van der Waals surface area contributed by atoms with Crippen molar-refractivity contribution in [2.24, 2.45) is 0 Å². The predicted octanol–water partition coefficient (Wildman–Crippen LogP) is 7.53. The summed E-state index contributed by atoms with van der Waals surface area (Å²) >= 11 is 16.3. The number of carbonyl (C=O) groups excluding carboxylic acids is 1. The lowest BCUT2D eigenvalue weighted by atomic mass is 9.88. The van der Waals surface area contributed by atoms with Gasteiger partial charge in [0.25, 0.3) is 5.91 Å². The Labute approximate surface area is 351 Å². The molecule has 4 N–H and O–H groups in total. The normalized spacial score (nSPS) is 14.6. The molecule has 16 heteroatoms. The maximum atomic E-state index is 14.1. The molecular weight excluding hydrogens is 863 g/mol. The van der Waals surface area contributed by atoms with Crippen LogP contribution in [-0.4, -0.2) is 110 Å². The van der Waals surface area contributed by atoms with Gasteiger partial charge in [-0.1, -0.05) is 71.7 Å². The number of hydrogen-bond donors (Lipinski definition) is 4. The quantitative estimate of drug-likeness (QED) is 0.0926. The molecule has 4 aromatic carbocycles. The van der Waals surface area contributed by atoms with Crippen molar-refractivity contribution in [3.8, 4) is 5.75 Å². The van der Waals surface area contributed by atoms with Gasteiger partial charge in [-0.2, -0.15) is 0 Å². The van der Waals surface area contributed by atoms with Crippen molar-refractivity contribution in [1.82, 2.24) is 9.80 Å². The minimum atomic E-state index is -2.74. The largest absolute Gasteiger partial charge is 0.495 e. The molecule has 1 saturated heterocycles. The van der Waals surface area contributed by atoms with Gasteiger partial charge in [-0.05, 0) is 107 Å². The molecule has 2 atom stereocenters. The van der Waals surface area contributed by atoms with E-state index in [9.17, 15) is 23.4 Å². The molecule has 0 spiro atoms. The van der Waals surface area contributed by atoms with E-state index in [1.165, 1.54) is 5.56 Å². The van der Waals surface area contributed by atoms with E-state index >= 15 is 0 Å². The van der Waals surface area contributed by atoms with Crippen LogP contribution in [0.3, 0.4) is 0 Å². The van der Waals surface area contributed by atoms with E-state index in [0.29, 0.717) is 33.8 Å². The van der Waals surface area contributed by atoms with E-state index in [1.807, 2.05) is 73.8 Å². The number of benzene rings is 4. The fraction of sp³-hybridized carbons (Fsp3) is 0.366. The van der Waals surface area contributed by atoms with E-state index in [0.717, 1.165) is 64.6 Å². The van der Waals surface area contributed by atoms with Crippen molar-refractivity contribution >= 4 is 84.5 Å². The van der Waals surface area contributed by atoms with Gasteiger partial charge in [0.15, 0.2) is 5.60 Å². The van der Waals surface area contributed by atoms with Crippen molar-refractivity contribution in [2.75, 3.05) is 46.6 Å². The van der Waals surface area contributed by atoms with Crippen LogP contribution in [-0.2, 0) is 25.2 Å². The standard InChI is InChI=1S/C35H37BrCl2N2O3S.C6H8O7/c1-39(35(41)33-28-10-5-4-8-25(28)20-29(36)34(33)43-2)22-26(24-12-13-30(37)31(38)21-24)16-19-40-17-14-23(15-18-40)27-9-6-7-11-32(27)44(3)42;7-3(8)1-6(13,5(11)12)2-4(9)10/h4-13,20-21,23,26H,14-19,22H2,1-3H3;13H,1-2H2,(H,7,8)(H,9,10)(H,11,12)/t26-,44+;/m1./s1. The third kappa shape index (κ3) is 12.0. The number of methoxy groups -OCH3 is 1. The number of rotatable bonds is 15. The molecule has 1 fully saturated rings. The molecule has 0 unspecified atom stereocenters. The lowest BCUT2D eigenvalue weighted by molar-refractivity contribution is -0.170. The molecule has 5 rings (SSSR count). The summed E-state index contributed by atoms with van der Waals surface area (Å²) in [5.74, 6) is -4.13. The summed E-state index contributed by atoms with van der Waals surface area (Å²) in [5.41, 5.74) is 0.0809. The number of piperidine rings is 1. The van der Waals surface area contributed by atoms with Gasteiger partial charge in [0.05, 0.1) is 50.8 Å². The van der Waals surface area contributed by atoms with Crippen molar-refractivity contribution in [3.63, 3.8) is 0 Å². The van der Waals surface area contributed by atoms with Gasteiger partial charge < -0.3 is 35.0 Å². The molecular formula is C41H45BrCl2N2O10S. The Morgan fingerprint density at radius 1 is 0.947 bits per heavy atom. The Bertz CT molecular complexity index is 2110. The van der Waals surface area contributed by atoms with Crippen molar-refractivity contribution in [3.05, 3.63) is 104 Å². The van der Waals surface area contributed by atoms with Gasteiger partial charge >= 0.3 is 17.9 Å². The number of likely N-dealkylation sites (tertiary alicyclic amines) is 1. The first-order chi connectivity index (χ1) is 26.9. The Morgan fingerprint density at radius 3 is 2.14 bits per heavy atom. The fourth-order valence-electron chi connectivity index (χ4n) is 7.04. The highest BCUT2D eigenvalue weighted by molar-refractivity contribution is 9.10. The van der Waals surface area contributed by atoms with Crippen molar-refractivity contribution in [2.45, 2.75) is 54.4 Å². The minimum absolute atomic E-state index is 0.0455. The van der Waals surface area contributed by atoms with Crippen LogP contribution in [0.15, 0.2) is 82.2 Å². The number of aliphatic hydroxyl groups is 1. The highest BCUT2D eigenvalue weighted by atomic mass is 79.9. The number of carboxylic acids is 3. The summed E-state index contributed by atoms with van der Waals surface area (Å²) in [6, 6.07) is 23.8. The first-order valence-electron chi connectivity index (χ1n) is 17.9. The second-order valence-corrected chi connectivity index (χ2v) is 16.9. The zero-order valence-corrected chi connectivity index (χ0v) is 35.5. The third-order valence-corrected chi connectivity index (χ3v) is 12.3. The Kier molecular flexibility index (Phi) is 16.5. The first-order valence-corrected chi connectivity index (χ1v) is 21.1. The van der Waals surface area contributed by atoms with Crippen molar-refractivity contribution < 1.29 is 48.6 Å². The van der Waals surface area contributed by atoms with Gasteiger partial charge in [-0.15, -0.1) is 0 Å². The lowest BCUT2D eigenvalue weighted by Gasteiger charge is -2.34. The molecule has 12 nitrogen and oxygen atoms in total. The molecule has 0 aliphatic carbocycles. The molecule has 1 heterocycles. The molecule has 57 heavy (non-hydrogen) atoms. The van der Waals surface area contributed by atoms with Crippen LogP contribution in [0.1, 0.15) is 65.4 Å². The lowest BCUT2D eigenvalue weighted by Crippen LogP contribution is -2.42. The number of halogens is 3. The Balaban J connectivity index is 0.000000476. The summed E-state index contributed by atoms with van der Waals surface area (Å²) in [6.07, 6.45) is 2.38. The molecule has 1 aliphatic heterocycles. The number of likely N-dealkylation sites (N-methyl/N-ethyl adjacent to an activating group) is 1. The van der Waals surface area contributed by atoms with E-state index in [4.69, 9.17) is 48.4 Å². The van der Waals surface area contributed by atoms with Crippen LogP contribution >= 0.6 is 39.1 Å². The Morgan fingerprint density at radius 2 is 1.56 bits per heavy atom. The topological polar surface area (TPSA) is 182 Å². The SMILES string of the molecule is COc1c(Br)cc2ccccc2c1C(=O)N(C)C[C@@H](CCN1CCC(c2ccccc2[S@](C)=O)CC1)c1ccc(Cl)c(Cl)c1.O=C(O)CC(O)(CC(=O)O)C(=O)O. The van der Waals surface area contributed by atoms with E-state index in [-0.39, 0.29) is 11.8 Å². The van der Waals surface area contributed by atoms with Crippen LogP contribution in [0, 0.1) is 0 Å². The average molecular weight is 909 g/mol. The zero-order chi connectivity index (χ0) is 42.0. The second kappa shape index (κ2) is 20.6. The summed E-state index contributed by atoms with van der Waals surface area (Å²) < 4.78 is 18.8. The van der Waals surface area contributed by atoms with Crippen LogP contribution < -0.4 is 4.74 Å². The summed E-state index contributed by atoms with van der Waals surface area (Å²) in [4.78, 5) is 49.8. The smallest absolute Gasteiger partial charge is 0.336 e. The number of fused-ring (bicyclic) bond motifs is 1. The number of hydrogen-bond acceptors (Lipinski definition) is 8. The van der Waals surface area contributed by atoms with Gasteiger partial charge in [0.2, 0.25) is 0 Å². The predicted molar refractivity (Wildman–Crippen MR) is 223 cm³/mol. The maximum Gasteiger partial charge on any atom is 0.336 e. The van der Waals surface area contributed by atoms with Gasteiger partial charge in [0.1, 0.15) is 5.75 Å². The number of carbonyl (C=O) groups is 4. The molecule has 0 bridgehead atoms. The van der Waals surface area contributed by atoms with Crippen LogP contribution in [0.4, 0.5) is 0 Å². The van der Waals surface area contributed by atoms with Gasteiger partial charge in [-0.3, -0.25) is 18.6 Å². The van der Waals surface area contributed by atoms with Crippen LogP contribution in [0.5, 0.6) is 5.75 Å². The zero-order valence-electron chi connectivity index (χ0n) is 31.6. The third-order valence-electron chi connectivity index (χ3n) is 9.97.